The fourth-order valence-corrected chi connectivity index (χ4v) is 3.96. The number of hydrogen-bond acceptors (Lipinski definition) is 4. The first-order valence-corrected chi connectivity index (χ1v) is 10.9. The lowest BCUT2D eigenvalue weighted by Crippen LogP contribution is -2.49. The fraction of sp³-hybridized carbons (Fsp3) is 0.480. The van der Waals surface area contributed by atoms with Gasteiger partial charge < -0.3 is 15.0 Å². The molecule has 1 aliphatic rings. The summed E-state index contributed by atoms with van der Waals surface area (Å²) in [6, 6.07) is 16.8. The van der Waals surface area contributed by atoms with E-state index in [1.165, 1.54) is 11.3 Å². The van der Waals surface area contributed by atoms with Gasteiger partial charge in [-0.15, -0.1) is 0 Å². The molecule has 1 aliphatic heterocycles. The normalized spacial score (nSPS) is 15.8. The van der Waals surface area contributed by atoms with Gasteiger partial charge in [0.25, 0.3) is 0 Å². The monoisotopic (exact) mass is 409 g/mol. The molecule has 0 aliphatic carbocycles. The minimum Gasteiger partial charge on any atom is -0.497 e. The lowest BCUT2D eigenvalue weighted by atomic mass is 10.00. The summed E-state index contributed by atoms with van der Waals surface area (Å²) in [6.07, 6.45) is 1.09. The second kappa shape index (κ2) is 10.5. The van der Waals surface area contributed by atoms with E-state index in [2.05, 4.69) is 72.3 Å². The van der Waals surface area contributed by atoms with E-state index in [0.717, 1.165) is 43.9 Å². The van der Waals surface area contributed by atoms with Crippen LogP contribution in [0.25, 0.3) is 0 Å². The highest BCUT2D eigenvalue weighted by Gasteiger charge is 2.20. The first-order chi connectivity index (χ1) is 14.4. The average molecular weight is 410 g/mol. The van der Waals surface area contributed by atoms with Crippen LogP contribution < -0.4 is 15.0 Å². The second-order valence-corrected chi connectivity index (χ2v) is 8.59. The van der Waals surface area contributed by atoms with Crippen LogP contribution in [0.2, 0.25) is 0 Å². The van der Waals surface area contributed by atoms with E-state index in [0.29, 0.717) is 12.5 Å². The highest BCUT2D eigenvalue weighted by Crippen LogP contribution is 2.22. The zero-order valence-electron chi connectivity index (χ0n) is 18.7. The van der Waals surface area contributed by atoms with E-state index in [9.17, 15) is 4.79 Å². The summed E-state index contributed by atoms with van der Waals surface area (Å²) in [5.74, 6) is 1.61. The first-order valence-electron chi connectivity index (χ1n) is 10.9. The summed E-state index contributed by atoms with van der Waals surface area (Å²) in [6.45, 7) is 10.5. The van der Waals surface area contributed by atoms with Crippen molar-refractivity contribution in [2.45, 2.75) is 33.2 Å². The third-order valence-electron chi connectivity index (χ3n) is 5.66. The number of benzene rings is 2. The third kappa shape index (κ3) is 6.23. The molecular formula is C25H35N3O2. The molecule has 30 heavy (non-hydrogen) atoms. The molecule has 2 aromatic carbocycles. The minimum absolute atomic E-state index is 0.0173. The summed E-state index contributed by atoms with van der Waals surface area (Å²) in [5, 5.41) is 3.15. The average Bonchev–Trinajstić information content (AvgIpc) is 2.74. The molecule has 0 bridgehead atoms. The van der Waals surface area contributed by atoms with Crippen molar-refractivity contribution in [1.82, 2.24) is 10.2 Å². The van der Waals surface area contributed by atoms with Gasteiger partial charge >= 0.3 is 0 Å². The SMILES string of the molecule is COc1cccc(N2CCN(CC(=O)N[C@@H](C)c3ccc(CC(C)C)cc3)CC2)c1. The maximum atomic E-state index is 12.6. The van der Waals surface area contributed by atoms with Gasteiger partial charge in [0.2, 0.25) is 5.91 Å². The number of carbonyl (C=O) groups excluding carboxylic acids is 1. The Bertz CT molecular complexity index is 811. The van der Waals surface area contributed by atoms with E-state index < -0.39 is 0 Å². The van der Waals surface area contributed by atoms with Crippen molar-refractivity contribution in [3.8, 4) is 5.75 Å². The highest BCUT2D eigenvalue weighted by molar-refractivity contribution is 5.78. The van der Waals surface area contributed by atoms with Crippen LogP contribution in [0.1, 0.15) is 37.9 Å². The molecule has 2 aromatic rings. The Morgan fingerprint density at radius 1 is 1.03 bits per heavy atom. The van der Waals surface area contributed by atoms with Gasteiger partial charge in [0.15, 0.2) is 0 Å². The Hall–Kier alpha value is -2.53. The summed E-state index contributed by atoms with van der Waals surface area (Å²) in [5.41, 5.74) is 3.67. The van der Waals surface area contributed by atoms with E-state index in [1.807, 2.05) is 12.1 Å². The molecule has 1 amide bonds. The standard InChI is InChI=1S/C25H35N3O2/c1-19(2)16-21-8-10-22(11-9-21)20(3)26-25(29)18-27-12-14-28(15-13-27)23-6-5-7-24(17-23)30-4/h5-11,17,19-20H,12-16,18H2,1-4H3,(H,26,29)/t20-/m0/s1. The van der Waals surface area contributed by atoms with Crippen molar-refractivity contribution in [3.63, 3.8) is 0 Å². The van der Waals surface area contributed by atoms with Gasteiger partial charge in [-0.25, -0.2) is 0 Å². The zero-order valence-corrected chi connectivity index (χ0v) is 18.7. The van der Waals surface area contributed by atoms with Crippen LogP contribution in [-0.2, 0) is 11.2 Å². The molecule has 1 saturated heterocycles. The van der Waals surface area contributed by atoms with Crippen molar-refractivity contribution in [2.24, 2.45) is 5.92 Å². The molecule has 0 radical (unpaired) electrons. The van der Waals surface area contributed by atoms with Gasteiger partial charge in [-0.1, -0.05) is 44.2 Å². The molecule has 0 saturated carbocycles. The molecule has 0 unspecified atom stereocenters. The van der Waals surface area contributed by atoms with Crippen LogP contribution >= 0.6 is 0 Å². The molecule has 0 spiro atoms. The summed E-state index contributed by atoms with van der Waals surface area (Å²) < 4.78 is 5.33. The van der Waals surface area contributed by atoms with E-state index in [1.54, 1.807) is 7.11 Å². The second-order valence-electron chi connectivity index (χ2n) is 8.59. The van der Waals surface area contributed by atoms with Crippen molar-refractivity contribution in [3.05, 3.63) is 59.7 Å². The Labute approximate surface area is 181 Å². The van der Waals surface area contributed by atoms with Crippen LogP contribution in [0.15, 0.2) is 48.5 Å². The van der Waals surface area contributed by atoms with Crippen LogP contribution in [-0.4, -0.2) is 50.6 Å². The largest absolute Gasteiger partial charge is 0.497 e. The Morgan fingerprint density at radius 3 is 2.37 bits per heavy atom. The number of nitrogens with one attached hydrogen (secondary N) is 1. The molecule has 5 nitrogen and oxygen atoms in total. The molecule has 162 valence electrons. The van der Waals surface area contributed by atoms with E-state index >= 15 is 0 Å². The van der Waals surface area contributed by atoms with E-state index in [4.69, 9.17) is 4.74 Å². The predicted octanol–water partition coefficient (Wildman–Crippen LogP) is 3.89. The van der Waals surface area contributed by atoms with Gasteiger partial charge in [0.05, 0.1) is 19.7 Å². The predicted molar refractivity (Wildman–Crippen MR) is 123 cm³/mol. The molecule has 1 fully saturated rings. The summed E-state index contributed by atoms with van der Waals surface area (Å²) in [4.78, 5) is 17.1. The smallest absolute Gasteiger partial charge is 0.234 e. The quantitative estimate of drug-likeness (QED) is 0.718. The number of methoxy groups -OCH3 is 1. The molecule has 1 heterocycles. The fourth-order valence-electron chi connectivity index (χ4n) is 3.96. The molecule has 1 atom stereocenters. The van der Waals surface area contributed by atoms with Crippen LogP contribution in [0.4, 0.5) is 5.69 Å². The Morgan fingerprint density at radius 2 is 1.73 bits per heavy atom. The van der Waals surface area contributed by atoms with Crippen LogP contribution in [0, 0.1) is 5.92 Å². The number of ether oxygens (including phenoxy) is 1. The Kier molecular flexibility index (Phi) is 7.75. The van der Waals surface area contributed by atoms with Crippen LogP contribution in [0.3, 0.4) is 0 Å². The topological polar surface area (TPSA) is 44.8 Å². The number of piperazine rings is 1. The lowest BCUT2D eigenvalue weighted by Gasteiger charge is -2.36. The number of carbonyl (C=O) groups is 1. The molecular weight excluding hydrogens is 374 g/mol. The van der Waals surface area contributed by atoms with Crippen molar-refractivity contribution < 1.29 is 9.53 Å². The number of anilines is 1. The molecule has 3 rings (SSSR count). The molecule has 5 heteroatoms. The number of rotatable bonds is 8. The van der Waals surface area contributed by atoms with Gasteiger partial charge in [-0.2, -0.15) is 0 Å². The van der Waals surface area contributed by atoms with Crippen LogP contribution in [0.5, 0.6) is 5.75 Å². The summed E-state index contributed by atoms with van der Waals surface area (Å²) in [7, 11) is 1.69. The van der Waals surface area contributed by atoms with Crippen molar-refractivity contribution in [1.29, 1.82) is 0 Å². The number of amides is 1. The number of hydrogen-bond donors (Lipinski definition) is 1. The van der Waals surface area contributed by atoms with Gasteiger partial charge in [-0.3, -0.25) is 9.69 Å². The molecule has 0 aromatic heterocycles. The third-order valence-corrected chi connectivity index (χ3v) is 5.66. The minimum atomic E-state index is 0.0173. The maximum absolute atomic E-state index is 12.6. The number of nitrogens with zero attached hydrogens (tertiary/aromatic N) is 2. The van der Waals surface area contributed by atoms with Gasteiger partial charge in [0, 0.05) is 37.9 Å². The van der Waals surface area contributed by atoms with Crippen molar-refractivity contribution in [2.75, 3.05) is 44.7 Å². The highest BCUT2D eigenvalue weighted by atomic mass is 16.5. The maximum Gasteiger partial charge on any atom is 0.234 e. The van der Waals surface area contributed by atoms with E-state index in [-0.39, 0.29) is 11.9 Å². The zero-order chi connectivity index (χ0) is 21.5. The van der Waals surface area contributed by atoms with Gasteiger partial charge in [0.1, 0.15) is 5.75 Å². The Balaban J connectivity index is 1.45. The molecule has 1 N–H and O–H groups in total. The lowest BCUT2D eigenvalue weighted by molar-refractivity contribution is -0.123. The van der Waals surface area contributed by atoms with Gasteiger partial charge in [-0.05, 0) is 42.5 Å². The van der Waals surface area contributed by atoms with Crippen molar-refractivity contribution >= 4 is 11.6 Å². The summed E-state index contributed by atoms with van der Waals surface area (Å²) >= 11 is 0. The first kappa shape index (κ1) is 22.2.